The molecule has 0 N–H and O–H groups in total. The van der Waals surface area contributed by atoms with Crippen molar-refractivity contribution in [3.8, 4) is 45.3 Å². The summed E-state index contributed by atoms with van der Waals surface area (Å²) in [5.41, 5.74) is 4.52. The second kappa shape index (κ2) is 11.7. The van der Waals surface area contributed by atoms with Gasteiger partial charge in [-0.15, -0.1) is 32.8 Å². The van der Waals surface area contributed by atoms with Crippen LogP contribution in [0, 0.1) is 0 Å². The van der Waals surface area contributed by atoms with E-state index in [0.29, 0.717) is 11.1 Å². The standard InChI is InChI=1S/C33H11B10N3O/c34-21-19(22(35)26(39)29(42)25(21)38)32-44-31(45-33(46-32)20-23(36)27(40)30(43)28(41)24(20)37)13-9-10-15-17(11-13)47-16-8-4-7-14(18(15)16)12-5-2-1-3-6-12/h1-11H. The Bertz CT molecular complexity index is 2280. The van der Waals surface area contributed by atoms with Crippen molar-refractivity contribution in [1.82, 2.24) is 15.0 Å². The number of rotatable bonds is 4. The van der Waals surface area contributed by atoms with E-state index in [0.717, 1.165) is 27.5 Å². The molecule has 2 heterocycles. The highest BCUT2D eigenvalue weighted by atomic mass is 16.3. The van der Waals surface area contributed by atoms with E-state index in [1.54, 1.807) is 0 Å². The van der Waals surface area contributed by atoms with Gasteiger partial charge in [-0.3, -0.25) is 0 Å². The maximum absolute atomic E-state index is 6.41. The summed E-state index contributed by atoms with van der Waals surface area (Å²) >= 11 is 0. The fourth-order valence-electron chi connectivity index (χ4n) is 5.73. The summed E-state index contributed by atoms with van der Waals surface area (Å²) in [6, 6.07) is 21.6. The molecule has 0 aliphatic carbocycles. The lowest BCUT2D eigenvalue weighted by atomic mass is 9.60. The number of fused-ring (bicyclic) bond motifs is 3. The number of benzene rings is 5. The molecule has 47 heavy (non-hydrogen) atoms. The predicted octanol–water partition coefficient (Wildman–Crippen LogP) is -3.62. The molecule has 194 valence electrons. The number of hydrogen-bond acceptors (Lipinski definition) is 4. The monoisotopic (exact) mass is 575 g/mol. The van der Waals surface area contributed by atoms with Crippen molar-refractivity contribution >= 4 is 155 Å². The Balaban J connectivity index is 1.51. The molecule has 7 aromatic rings. The molecular formula is C33H11B10N3O. The Morgan fingerprint density at radius 1 is 0.404 bits per heavy atom. The van der Waals surface area contributed by atoms with E-state index in [4.69, 9.17) is 92.8 Å². The van der Waals surface area contributed by atoms with Crippen LogP contribution in [0.3, 0.4) is 0 Å². The van der Waals surface area contributed by atoms with E-state index in [-0.39, 0.29) is 83.2 Å². The molecule has 20 radical (unpaired) electrons. The van der Waals surface area contributed by atoms with Crippen molar-refractivity contribution < 1.29 is 4.42 Å². The quantitative estimate of drug-likeness (QED) is 0.204. The number of hydrogen-bond donors (Lipinski definition) is 0. The zero-order chi connectivity index (χ0) is 33.3. The molecule has 0 aliphatic heterocycles. The van der Waals surface area contributed by atoms with Crippen molar-refractivity contribution in [3.63, 3.8) is 0 Å². The number of aromatic nitrogens is 3. The van der Waals surface area contributed by atoms with E-state index in [2.05, 4.69) is 23.2 Å². The summed E-state index contributed by atoms with van der Waals surface area (Å²) < 4.78 is 6.33. The molecule has 0 atom stereocenters. The summed E-state index contributed by atoms with van der Waals surface area (Å²) in [6.07, 6.45) is 0. The van der Waals surface area contributed by atoms with Gasteiger partial charge in [0.25, 0.3) is 0 Å². The van der Waals surface area contributed by atoms with Gasteiger partial charge in [-0.05, 0) is 29.3 Å². The van der Waals surface area contributed by atoms with Crippen LogP contribution in [0.15, 0.2) is 71.1 Å². The maximum Gasteiger partial charge on any atom is 0.164 e. The Labute approximate surface area is 285 Å². The maximum atomic E-state index is 6.41. The third kappa shape index (κ3) is 4.96. The van der Waals surface area contributed by atoms with E-state index >= 15 is 0 Å². The zero-order valence-corrected chi connectivity index (χ0v) is 24.9. The SMILES string of the molecule is [B]c1c([B])c([B])c(-c2nc(-c3ccc4c(c3)oc3cccc(-c5ccccc5)c34)nc(-c3c([B])c([B])c([B])c([B])c3[B])n2)c([B])c1[B]. The Kier molecular flexibility index (Phi) is 7.74. The summed E-state index contributed by atoms with van der Waals surface area (Å²) in [4.78, 5) is 14.1. The number of furan rings is 1. The highest BCUT2D eigenvalue weighted by Crippen LogP contribution is 2.38. The summed E-state index contributed by atoms with van der Waals surface area (Å²) in [7, 11) is 62.5. The van der Waals surface area contributed by atoms with Gasteiger partial charge >= 0.3 is 0 Å². The minimum absolute atomic E-state index is 0.0160. The fraction of sp³-hybridized carbons (Fsp3) is 0. The minimum atomic E-state index is 0.0160. The van der Waals surface area contributed by atoms with Crippen LogP contribution in [0.1, 0.15) is 0 Å². The van der Waals surface area contributed by atoms with Crippen LogP contribution in [-0.2, 0) is 0 Å². The Hall–Kier alpha value is -4.44. The summed E-state index contributed by atoms with van der Waals surface area (Å²) in [5, 5.41) is 1.87. The van der Waals surface area contributed by atoms with Crippen LogP contribution in [0.5, 0.6) is 0 Å². The smallest absolute Gasteiger partial charge is 0.164 e. The second-order valence-electron chi connectivity index (χ2n) is 11.1. The Morgan fingerprint density at radius 3 is 1.43 bits per heavy atom. The lowest BCUT2D eigenvalue weighted by Gasteiger charge is -2.22. The summed E-state index contributed by atoms with van der Waals surface area (Å²) in [6.45, 7) is 0. The van der Waals surface area contributed by atoms with E-state index in [1.165, 1.54) is 0 Å². The first-order chi connectivity index (χ1) is 22.5. The van der Waals surface area contributed by atoms with E-state index in [9.17, 15) is 0 Å². The van der Waals surface area contributed by atoms with Crippen molar-refractivity contribution in [2.45, 2.75) is 0 Å². The van der Waals surface area contributed by atoms with E-state index < -0.39 is 0 Å². The molecule has 2 aromatic heterocycles. The molecule has 0 saturated heterocycles. The van der Waals surface area contributed by atoms with Crippen molar-refractivity contribution in [3.05, 3.63) is 66.7 Å². The molecule has 0 unspecified atom stereocenters. The topological polar surface area (TPSA) is 51.8 Å². The van der Waals surface area contributed by atoms with Crippen LogP contribution in [0.2, 0.25) is 0 Å². The molecule has 0 aliphatic rings. The van der Waals surface area contributed by atoms with Gasteiger partial charge in [-0.2, -0.15) is 0 Å². The molecule has 0 saturated carbocycles. The number of nitrogens with zero attached hydrogens (tertiary/aromatic N) is 3. The fourth-order valence-corrected chi connectivity index (χ4v) is 5.73. The molecule has 0 bridgehead atoms. The van der Waals surface area contributed by atoms with Gasteiger partial charge < -0.3 is 4.42 Å². The molecule has 4 nitrogen and oxygen atoms in total. The van der Waals surface area contributed by atoms with Crippen molar-refractivity contribution in [1.29, 1.82) is 0 Å². The molecule has 0 fully saturated rings. The highest BCUT2D eigenvalue weighted by Gasteiger charge is 2.22. The van der Waals surface area contributed by atoms with Gasteiger partial charge in [0.1, 0.15) is 89.6 Å². The highest BCUT2D eigenvalue weighted by molar-refractivity contribution is 6.69. The van der Waals surface area contributed by atoms with Crippen LogP contribution in [-0.4, -0.2) is 93.4 Å². The van der Waals surface area contributed by atoms with Crippen LogP contribution >= 0.6 is 0 Å². The normalized spacial score (nSPS) is 11.4. The Morgan fingerprint density at radius 2 is 0.894 bits per heavy atom. The molecular weight excluding hydrogens is 563 g/mol. The van der Waals surface area contributed by atoms with Gasteiger partial charge in [-0.1, -0.05) is 70.4 Å². The molecule has 7 rings (SSSR count). The zero-order valence-electron chi connectivity index (χ0n) is 24.9. The van der Waals surface area contributed by atoms with Gasteiger partial charge in [0.2, 0.25) is 0 Å². The molecule has 14 heteroatoms. The lowest BCUT2D eigenvalue weighted by molar-refractivity contribution is 0.669. The predicted molar refractivity (Wildman–Crippen MR) is 203 cm³/mol. The lowest BCUT2D eigenvalue weighted by Crippen LogP contribution is -2.55. The van der Waals surface area contributed by atoms with Crippen LogP contribution in [0.25, 0.3) is 67.2 Å². The first-order valence-corrected chi connectivity index (χ1v) is 14.3. The molecule has 0 spiro atoms. The molecule has 0 amide bonds. The van der Waals surface area contributed by atoms with Gasteiger partial charge in [0, 0.05) is 27.5 Å². The van der Waals surface area contributed by atoms with Gasteiger partial charge in [-0.25, -0.2) is 15.0 Å². The van der Waals surface area contributed by atoms with Crippen LogP contribution < -0.4 is 54.6 Å². The van der Waals surface area contributed by atoms with E-state index in [1.807, 2.05) is 48.5 Å². The summed E-state index contributed by atoms with van der Waals surface area (Å²) in [5.74, 6) is 0.223. The minimum Gasteiger partial charge on any atom is -0.456 e. The van der Waals surface area contributed by atoms with Gasteiger partial charge in [0.15, 0.2) is 17.5 Å². The van der Waals surface area contributed by atoms with Crippen molar-refractivity contribution in [2.75, 3.05) is 0 Å². The first kappa shape index (κ1) is 31.2. The molecule has 5 aromatic carbocycles. The third-order valence-corrected chi connectivity index (χ3v) is 8.32. The average Bonchev–Trinajstić information content (AvgIpc) is 3.47. The first-order valence-electron chi connectivity index (χ1n) is 14.3. The van der Waals surface area contributed by atoms with Gasteiger partial charge in [0.05, 0.1) is 0 Å². The third-order valence-electron chi connectivity index (χ3n) is 8.32. The van der Waals surface area contributed by atoms with Crippen molar-refractivity contribution in [2.24, 2.45) is 0 Å². The largest absolute Gasteiger partial charge is 0.456 e. The second-order valence-corrected chi connectivity index (χ2v) is 11.1. The van der Waals surface area contributed by atoms with Crippen LogP contribution in [0.4, 0.5) is 0 Å². The average molecular weight is 574 g/mol.